The highest BCUT2D eigenvalue weighted by Crippen LogP contribution is 2.50. The third-order valence-corrected chi connectivity index (χ3v) is 5.80. The Morgan fingerprint density at radius 1 is 1.42 bits per heavy atom. The predicted octanol–water partition coefficient (Wildman–Crippen LogP) is 4.08. The number of aromatic carboxylic acids is 1. The van der Waals surface area contributed by atoms with Crippen molar-refractivity contribution in [2.75, 3.05) is 5.73 Å². The Morgan fingerprint density at radius 2 is 2.17 bits per heavy atom. The first-order valence-corrected chi connectivity index (χ1v) is 8.53. The molecular weight excluding hydrogens is 336 g/mol. The summed E-state index contributed by atoms with van der Waals surface area (Å²) in [6.07, 6.45) is 4.28. The molecule has 0 radical (unpaired) electrons. The molecule has 1 atom stereocenters. The second-order valence-corrected chi connectivity index (χ2v) is 7.15. The summed E-state index contributed by atoms with van der Waals surface area (Å²) in [7, 11) is 0. The maximum absolute atomic E-state index is 13.3. The van der Waals surface area contributed by atoms with E-state index < -0.39 is 30.0 Å². The van der Waals surface area contributed by atoms with Crippen LogP contribution in [0, 0.1) is 5.41 Å². The second-order valence-electron chi connectivity index (χ2n) is 6.10. The van der Waals surface area contributed by atoms with Crippen molar-refractivity contribution in [3.05, 3.63) is 39.8 Å². The van der Waals surface area contributed by atoms with Crippen molar-refractivity contribution in [3.63, 3.8) is 0 Å². The molecule has 2 aliphatic carbocycles. The minimum atomic E-state index is -2.62. The van der Waals surface area contributed by atoms with Gasteiger partial charge in [0.15, 0.2) is 5.78 Å². The molecule has 3 rings (SSSR count). The van der Waals surface area contributed by atoms with Crippen LogP contribution in [0.25, 0.3) is 0 Å². The number of hydrogen-bond donors (Lipinski definition) is 2. The van der Waals surface area contributed by atoms with Gasteiger partial charge in [0.25, 0.3) is 0 Å². The Bertz CT molecular complexity index is 766. The molecule has 2 aliphatic rings. The molecule has 0 aliphatic heterocycles. The molecule has 1 unspecified atom stereocenters. The van der Waals surface area contributed by atoms with Gasteiger partial charge >= 0.3 is 5.97 Å². The molecule has 1 aromatic heterocycles. The summed E-state index contributed by atoms with van der Waals surface area (Å²) in [5.74, 6) is -1.61. The van der Waals surface area contributed by atoms with Crippen LogP contribution in [0.1, 0.15) is 51.3 Å². The van der Waals surface area contributed by atoms with Crippen LogP contribution in [0.15, 0.2) is 23.8 Å². The maximum atomic E-state index is 13.3. The van der Waals surface area contributed by atoms with E-state index in [2.05, 4.69) is 0 Å². The largest absolute Gasteiger partial charge is 0.478 e. The van der Waals surface area contributed by atoms with Crippen LogP contribution in [-0.4, -0.2) is 23.3 Å². The highest BCUT2D eigenvalue weighted by Gasteiger charge is 2.48. The summed E-state index contributed by atoms with van der Waals surface area (Å²) in [6.45, 7) is 0. The monoisotopic (exact) mass is 353 g/mol. The molecule has 0 aromatic carbocycles. The number of nitrogens with two attached hydrogens (primary N) is 1. The third kappa shape index (κ3) is 2.56. The predicted molar refractivity (Wildman–Crippen MR) is 87.9 cm³/mol. The van der Waals surface area contributed by atoms with Gasteiger partial charge in [-0.15, -0.1) is 11.3 Å². The molecule has 0 spiro atoms. The van der Waals surface area contributed by atoms with Crippen LogP contribution in [0.3, 0.4) is 0 Å². The Labute approximate surface area is 141 Å². The summed E-state index contributed by atoms with van der Waals surface area (Å²) in [5.41, 5.74) is 5.43. The van der Waals surface area contributed by atoms with E-state index in [9.17, 15) is 23.5 Å². The van der Waals surface area contributed by atoms with Gasteiger partial charge in [-0.25, -0.2) is 13.6 Å². The number of nitrogen functional groups attached to an aromatic ring is 1. The fraction of sp³-hybridized carbons (Fsp3) is 0.412. The zero-order chi connectivity index (χ0) is 17.5. The lowest BCUT2D eigenvalue weighted by Crippen LogP contribution is -2.39. The molecule has 128 valence electrons. The Balaban J connectivity index is 2.12. The van der Waals surface area contributed by atoms with Gasteiger partial charge in [-0.05, 0) is 36.8 Å². The number of carboxylic acids is 1. The van der Waals surface area contributed by atoms with Crippen molar-refractivity contribution in [2.45, 2.75) is 38.5 Å². The lowest BCUT2D eigenvalue weighted by molar-refractivity contribution is 0.0576. The number of ketones is 1. The Hall–Kier alpha value is -2.02. The molecule has 0 fully saturated rings. The molecule has 3 N–H and O–H groups in total. The van der Waals surface area contributed by atoms with E-state index in [-0.39, 0.29) is 28.3 Å². The van der Waals surface area contributed by atoms with E-state index >= 15 is 0 Å². The lowest BCUT2D eigenvalue weighted by Gasteiger charge is -2.37. The number of allylic oxidation sites excluding steroid dienone is 4. The molecule has 1 aromatic rings. The normalized spacial score (nSPS) is 23.3. The zero-order valence-electron chi connectivity index (χ0n) is 12.9. The van der Waals surface area contributed by atoms with Gasteiger partial charge in [-0.1, -0.05) is 18.2 Å². The molecular formula is C17H17F2NO3S. The Morgan fingerprint density at radius 3 is 2.75 bits per heavy atom. The number of rotatable bonds is 4. The van der Waals surface area contributed by atoms with Gasteiger partial charge < -0.3 is 10.8 Å². The van der Waals surface area contributed by atoms with Crippen molar-refractivity contribution < 1.29 is 23.5 Å². The summed E-state index contributed by atoms with van der Waals surface area (Å²) < 4.78 is 26.5. The molecule has 0 saturated heterocycles. The number of anilines is 1. The molecule has 0 saturated carbocycles. The van der Waals surface area contributed by atoms with Crippen LogP contribution < -0.4 is 5.73 Å². The van der Waals surface area contributed by atoms with Crippen LogP contribution in [-0.2, 0) is 6.42 Å². The molecule has 4 nitrogen and oxygen atoms in total. The summed E-state index contributed by atoms with van der Waals surface area (Å²) in [4.78, 5) is 24.7. The summed E-state index contributed by atoms with van der Waals surface area (Å²) in [5, 5.41) is 9.35. The summed E-state index contributed by atoms with van der Waals surface area (Å²) in [6, 6.07) is 0. The van der Waals surface area contributed by atoms with E-state index in [1.807, 2.05) is 12.2 Å². The standard InChI is InChI=1S/C17H17F2NO3S/c18-11(19)8-17(9-4-2-1-3-5-9)7-6-10-12(16(22)23)15(20)24-13(10)14(17)21/h2,4-5,11H,1,3,6-8,20H2,(H,22,23). The van der Waals surface area contributed by atoms with Gasteiger partial charge in [-0.2, -0.15) is 0 Å². The van der Waals surface area contributed by atoms with Crippen molar-refractivity contribution in [2.24, 2.45) is 5.41 Å². The van der Waals surface area contributed by atoms with E-state index in [0.717, 1.165) is 17.8 Å². The van der Waals surface area contributed by atoms with Crippen molar-refractivity contribution in [3.8, 4) is 0 Å². The van der Waals surface area contributed by atoms with Crippen LogP contribution >= 0.6 is 11.3 Å². The topological polar surface area (TPSA) is 80.4 Å². The summed E-state index contributed by atoms with van der Waals surface area (Å²) >= 11 is 0.898. The zero-order valence-corrected chi connectivity index (χ0v) is 13.7. The number of hydrogen-bond acceptors (Lipinski definition) is 4. The first kappa shape index (κ1) is 16.8. The highest BCUT2D eigenvalue weighted by molar-refractivity contribution is 7.18. The van der Waals surface area contributed by atoms with E-state index in [4.69, 9.17) is 5.73 Å². The average Bonchev–Trinajstić information content (AvgIpc) is 2.88. The second kappa shape index (κ2) is 6.12. The van der Waals surface area contributed by atoms with Crippen LogP contribution in [0.4, 0.5) is 13.8 Å². The number of alkyl halides is 2. The molecule has 0 bridgehead atoms. The number of Topliss-reactive ketones (excluding diaryl/α,β-unsaturated/α-hetero) is 1. The van der Waals surface area contributed by atoms with Gasteiger partial charge in [0.1, 0.15) is 5.00 Å². The molecule has 7 heteroatoms. The quantitative estimate of drug-likeness (QED) is 0.855. The number of halogens is 2. The van der Waals surface area contributed by atoms with Crippen molar-refractivity contribution in [1.82, 2.24) is 0 Å². The molecule has 24 heavy (non-hydrogen) atoms. The van der Waals surface area contributed by atoms with Crippen molar-refractivity contribution >= 4 is 28.1 Å². The number of carboxylic acid groups (broad SMARTS) is 1. The number of thiophene rings is 1. The molecule has 1 heterocycles. The number of carbonyl (C=O) groups is 2. The van der Waals surface area contributed by atoms with Gasteiger partial charge in [0.05, 0.1) is 15.9 Å². The van der Waals surface area contributed by atoms with Gasteiger partial charge in [-0.3, -0.25) is 4.79 Å². The first-order valence-electron chi connectivity index (χ1n) is 7.71. The molecule has 0 amide bonds. The van der Waals surface area contributed by atoms with Gasteiger partial charge in [0, 0.05) is 6.42 Å². The van der Waals surface area contributed by atoms with E-state index in [0.29, 0.717) is 17.6 Å². The fourth-order valence-electron chi connectivity index (χ4n) is 3.63. The minimum absolute atomic E-state index is 0.0536. The van der Waals surface area contributed by atoms with Gasteiger partial charge in [0.2, 0.25) is 6.43 Å². The lowest BCUT2D eigenvalue weighted by atomic mass is 9.65. The Kier molecular flexibility index (Phi) is 4.29. The van der Waals surface area contributed by atoms with E-state index in [1.54, 1.807) is 6.08 Å². The van der Waals surface area contributed by atoms with Crippen LogP contribution in [0.2, 0.25) is 0 Å². The SMILES string of the molecule is Nc1sc2c(c1C(=O)O)CCC(CC(F)F)(C1=CCCC=C1)C2=O. The number of carbonyl (C=O) groups excluding carboxylic acids is 1. The van der Waals surface area contributed by atoms with Crippen LogP contribution in [0.5, 0.6) is 0 Å². The number of fused-ring (bicyclic) bond motifs is 1. The smallest absolute Gasteiger partial charge is 0.338 e. The third-order valence-electron chi connectivity index (χ3n) is 4.74. The first-order chi connectivity index (χ1) is 11.4. The minimum Gasteiger partial charge on any atom is -0.478 e. The van der Waals surface area contributed by atoms with Crippen molar-refractivity contribution in [1.29, 1.82) is 0 Å². The fourth-order valence-corrected chi connectivity index (χ4v) is 4.78. The average molecular weight is 353 g/mol. The maximum Gasteiger partial charge on any atom is 0.338 e. The van der Waals surface area contributed by atoms with E-state index in [1.165, 1.54) is 0 Å². The highest BCUT2D eigenvalue weighted by atomic mass is 32.1.